The summed E-state index contributed by atoms with van der Waals surface area (Å²) >= 11 is 9.53. The number of pyridine rings is 2. The second-order valence-corrected chi connectivity index (χ2v) is 16.9. The van der Waals surface area contributed by atoms with Crippen molar-refractivity contribution in [2.45, 2.75) is 0 Å². The molecule has 334 valence electrons. The van der Waals surface area contributed by atoms with E-state index in [1.807, 2.05) is 48.8 Å². The number of hydrogen-bond acceptors (Lipinski definition) is 4. The predicted molar refractivity (Wildman–Crippen MR) is 259 cm³/mol. The van der Waals surface area contributed by atoms with E-state index >= 15 is 0 Å². The van der Waals surface area contributed by atoms with Gasteiger partial charge in [0, 0.05) is 57.0 Å². The average Bonchev–Trinajstić information content (AvgIpc) is 3.29. The number of benzene rings is 8. The molecule has 0 bridgehead atoms. The number of halogens is 8. The average molecular weight is 986 g/mol. The van der Waals surface area contributed by atoms with Gasteiger partial charge in [0.25, 0.3) is 0 Å². The van der Waals surface area contributed by atoms with Crippen molar-refractivity contribution in [3.05, 3.63) is 207 Å². The molecule has 10 aromatic rings. The molecule has 4 nitrogen and oxygen atoms in total. The Labute approximate surface area is 392 Å². The number of alkyl halides is 2. The van der Waals surface area contributed by atoms with E-state index in [0.29, 0.717) is 0 Å². The normalized spacial score (nSPS) is 11.9. The summed E-state index contributed by atoms with van der Waals surface area (Å²) in [7, 11) is -10.7. The summed E-state index contributed by atoms with van der Waals surface area (Å²) in [4.78, 5) is 9.58. The Morgan fingerprint density at radius 1 is 0.369 bits per heavy atom. The van der Waals surface area contributed by atoms with Crippen molar-refractivity contribution in [2.75, 3.05) is 16.0 Å². The Balaban J connectivity index is 0.000000177. The standard InChI is InChI=1S/2C25H18N2.CH2Cl2.Cu.F6P/c2*1-2-10-20(11-3-1)27-23-15-14-18-8-4-6-12-21(18)24(23)25-22-13-7-5-9-19(22)16-17-26-25;2-1-3;;1-7(2,3,4,5)6/h2*1-17,27H;1H2;;/q;;;+1;-1. The van der Waals surface area contributed by atoms with E-state index in [-0.39, 0.29) is 22.4 Å². The zero-order valence-electron chi connectivity index (χ0n) is 34.0. The van der Waals surface area contributed by atoms with Crippen LogP contribution < -0.4 is 10.6 Å². The van der Waals surface area contributed by atoms with Crippen LogP contribution in [0.3, 0.4) is 0 Å². The molecule has 0 unspecified atom stereocenters. The molecule has 10 rings (SSSR count). The van der Waals surface area contributed by atoms with Crippen LogP contribution in [0.2, 0.25) is 0 Å². The molecule has 0 aliphatic heterocycles. The number of fused-ring (bicyclic) bond motifs is 4. The van der Waals surface area contributed by atoms with E-state index in [2.05, 4.69) is 168 Å². The number of anilines is 4. The Bertz CT molecular complexity index is 2970. The third kappa shape index (κ3) is 13.4. The molecule has 0 amide bonds. The van der Waals surface area contributed by atoms with Crippen LogP contribution in [-0.2, 0) is 17.1 Å². The van der Waals surface area contributed by atoms with Gasteiger partial charge in [0.2, 0.25) is 0 Å². The first kappa shape index (κ1) is 48.3. The maximum absolute atomic E-state index is 10.7. The van der Waals surface area contributed by atoms with Gasteiger partial charge in [0.1, 0.15) is 0 Å². The number of hydrogen-bond donors (Lipinski definition) is 2. The van der Waals surface area contributed by atoms with E-state index in [9.17, 15) is 25.2 Å². The Kier molecular flexibility index (Phi) is 15.1. The van der Waals surface area contributed by atoms with Gasteiger partial charge in [-0.1, -0.05) is 146 Å². The second-order valence-electron chi connectivity index (χ2n) is 14.2. The molecular formula is C51H38Cl2CuF6N4P. The van der Waals surface area contributed by atoms with Crippen LogP contribution in [0.25, 0.3) is 65.6 Å². The molecule has 0 radical (unpaired) electrons. The molecular weight excluding hydrogens is 948 g/mol. The molecule has 14 heteroatoms. The molecule has 0 atom stereocenters. The van der Waals surface area contributed by atoms with Gasteiger partial charge in [-0.05, 0) is 80.8 Å². The third-order valence-corrected chi connectivity index (χ3v) is 9.78. The Morgan fingerprint density at radius 2 is 0.646 bits per heavy atom. The quantitative estimate of drug-likeness (QED) is 0.0754. The van der Waals surface area contributed by atoms with Crippen LogP contribution in [0.4, 0.5) is 47.9 Å². The van der Waals surface area contributed by atoms with Gasteiger partial charge < -0.3 is 10.6 Å². The fourth-order valence-electron chi connectivity index (χ4n) is 7.25. The first-order chi connectivity index (χ1) is 30.7. The van der Waals surface area contributed by atoms with Crippen molar-refractivity contribution in [2.24, 2.45) is 0 Å². The molecule has 0 saturated heterocycles. The van der Waals surface area contributed by atoms with Gasteiger partial charge >= 0.3 is 50.1 Å². The molecule has 0 aliphatic rings. The number of nitrogens with zero attached hydrogens (tertiary/aromatic N) is 2. The van der Waals surface area contributed by atoms with E-state index in [0.717, 1.165) is 56.0 Å². The monoisotopic (exact) mass is 984 g/mol. The first-order valence-corrected chi connectivity index (χ1v) is 22.8. The minimum atomic E-state index is -10.7. The summed E-state index contributed by atoms with van der Waals surface area (Å²) in [6.07, 6.45) is 3.79. The van der Waals surface area contributed by atoms with Gasteiger partial charge in [0.15, 0.2) is 0 Å². The largest absolute Gasteiger partial charge is 1.00 e. The minimum absolute atomic E-state index is 0. The maximum Gasteiger partial charge on any atom is 1.00 e. The molecule has 0 fully saturated rings. The topological polar surface area (TPSA) is 49.8 Å². The van der Waals surface area contributed by atoms with E-state index in [1.54, 1.807) is 0 Å². The minimum Gasteiger partial charge on any atom is -0.355 e. The fraction of sp³-hybridized carbons (Fsp3) is 0.0196. The van der Waals surface area contributed by atoms with Crippen molar-refractivity contribution in [1.82, 2.24) is 9.97 Å². The van der Waals surface area contributed by atoms with Gasteiger partial charge in [0.05, 0.1) is 16.7 Å². The van der Waals surface area contributed by atoms with E-state index < -0.39 is 7.81 Å². The van der Waals surface area contributed by atoms with Crippen LogP contribution in [0, 0.1) is 0 Å². The molecule has 65 heavy (non-hydrogen) atoms. The molecule has 0 aliphatic carbocycles. The maximum atomic E-state index is 9.87. The van der Waals surface area contributed by atoms with Crippen LogP contribution in [0.15, 0.2) is 207 Å². The van der Waals surface area contributed by atoms with Gasteiger partial charge in [-0.3, -0.25) is 9.97 Å². The molecule has 0 saturated carbocycles. The molecule has 2 aromatic heterocycles. The number of nitrogens with one attached hydrogen (secondary N) is 2. The number of aromatic nitrogens is 2. The second kappa shape index (κ2) is 20.3. The van der Waals surface area contributed by atoms with Crippen LogP contribution in [0.1, 0.15) is 0 Å². The number of rotatable bonds is 6. The van der Waals surface area contributed by atoms with Gasteiger partial charge in [-0.15, -0.1) is 23.2 Å². The van der Waals surface area contributed by atoms with Gasteiger partial charge in [-0.2, -0.15) is 0 Å². The van der Waals surface area contributed by atoms with Crippen molar-refractivity contribution in [3.63, 3.8) is 0 Å². The van der Waals surface area contributed by atoms with Crippen LogP contribution in [0.5, 0.6) is 0 Å². The molecule has 2 heterocycles. The summed E-state index contributed by atoms with van der Waals surface area (Å²) in [5.74, 6) is 0. The van der Waals surface area contributed by atoms with Crippen molar-refractivity contribution in [1.29, 1.82) is 0 Å². The Hall–Kier alpha value is -6.19. The van der Waals surface area contributed by atoms with Crippen molar-refractivity contribution >= 4 is 96.8 Å². The van der Waals surface area contributed by atoms with Gasteiger partial charge in [-0.25, -0.2) is 0 Å². The summed E-state index contributed by atoms with van der Waals surface area (Å²) in [6.45, 7) is 0. The van der Waals surface area contributed by atoms with Crippen LogP contribution >= 0.6 is 31.0 Å². The van der Waals surface area contributed by atoms with E-state index in [1.165, 1.54) is 32.3 Å². The SMILES string of the molecule is ClCCl.F[P-](F)(F)(F)(F)F.[Cu+].c1ccc(Nc2ccc3ccccc3c2-c2nccc3ccccc23)cc1.c1ccc(Nc2ccc3ccccc3c2-c2nccc3ccccc23)cc1. The summed E-state index contributed by atoms with van der Waals surface area (Å²) in [5, 5.41) is 16.9. The smallest absolute Gasteiger partial charge is 0.355 e. The molecule has 0 spiro atoms. The zero-order chi connectivity index (χ0) is 45.2. The van der Waals surface area contributed by atoms with Crippen LogP contribution in [-0.4, -0.2) is 15.3 Å². The van der Waals surface area contributed by atoms with Crippen molar-refractivity contribution < 1.29 is 42.3 Å². The Morgan fingerprint density at radius 3 is 0.985 bits per heavy atom. The number of para-hydroxylation sites is 2. The summed E-state index contributed by atoms with van der Waals surface area (Å²) in [5.41, 5.74) is 8.52. The van der Waals surface area contributed by atoms with Crippen molar-refractivity contribution in [3.8, 4) is 22.5 Å². The van der Waals surface area contributed by atoms with E-state index in [4.69, 9.17) is 33.2 Å². The zero-order valence-corrected chi connectivity index (χ0v) is 37.4. The fourth-order valence-corrected chi connectivity index (χ4v) is 7.25. The predicted octanol–water partition coefficient (Wildman–Crippen LogP) is 18.4. The third-order valence-electron chi connectivity index (χ3n) is 9.78. The molecule has 8 aromatic carbocycles. The summed E-state index contributed by atoms with van der Waals surface area (Å²) < 4.78 is 59.2. The summed E-state index contributed by atoms with van der Waals surface area (Å²) in [6, 6.07) is 67.1. The molecule has 2 N–H and O–H groups in total. The first-order valence-electron chi connectivity index (χ1n) is 19.7.